The summed E-state index contributed by atoms with van der Waals surface area (Å²) in [6, 6.07) is 4.84. The Morgan fingerprint density at radius 1 is 1.33 bits per heavy atom. The van der Waals surface area contributed by atoms with E-state index >= 15 is 0 Å². The summed E-state index contributed by atoms with van der Waals surface area (Å²) in [6.07, 6.45) is 1.90. The molecule has 0 aromatic heterocycles. The summed E-state index contributed by atoms with van der Waals surface area (Å²) < 4.78 is 0. The van der Waals surface area contributed by atoms with Gasteiger partial charge in [-0.05, 0) is 31.0 Å². The van der Waals surface area contributed by atoms with E-state index in [1.54, 1.807) is 23.1 Å². The molecule has 1 aliphatic rings. The normalized spacial score (nSPS) is 19.7. The Kier molecular flexibility index (Phi) is 4.32. The minimum atomic E-state index is -0.163. The highest BCUT2D eigenvalue weighted by Crippen LogP contribution is 2.23. The van der Waals surface area contributed by atoms with Gasteiger partial charge in [0.1, 0.15) is 0 Å². The number of nitrogens with zero attached hydrogens (tertiary/aromatic N) is 1. The number of nitrogens with two attached hydrogens (primary N) is 1. The van der Waals surface area contributed by atoms with Crippen molar-refractivity contribution >= 4 is 34.9 Å². The lowest BCUT2D eigenvalue weighted by Gasteiger charge is -2.30. The molecule has 1 atom stereocenters. The molecule has 0 saturated carbocycles. The maximum absolute atomic E-state index is 12.0. The molecule has 1 heterocycles. The molecule has 6 heteroatoms. The lowest BCUT2D eigenvalue weighted by molar-refractivity contribution is 0.193. The number of amides is 2. The molecule has 1 saturated heterocycles. The Bertz CT molecular complexity index is 433. The van der Waals surface area contributed by atoms with Gasteiger partial charge in [-0.2, -0.15) is 0 Å². The van der Waals surface area contributed by atoms with Crippen molar-refractivity contribution in [2.75, 3.05) is 18.4 Å². The average molecular weight is 288 g/mol. The van der Waals surface area contributed by atoms with E-state index < -0.39 is 0 Å². The van der Waals surface area contributed by atoms with Gasteiger partial charge in [-0.25, -0.2) is 4.79 Å². The van der Waals surface area contributed by atoms with Crippen LogP contribution in [0.5, 0.6) is 0 Å². The first-order valence-corrected chi connectivity index (χ1v) is 6.58. The highest BCUT2D eigenvalue weighted by molar-refractivity contribution is 6.35. The van der Waals surface area contributed by atoms with Crippen LogP contribution in [-0.4, -0.2) is 30.1 Å². The van der Waals surface area contributed by atoms with Crippen molar-refractivity contribution in [3.8, 4) is 0 Å². The first-order chi connectivity index (χ1) is 8.54. The van der Waals surface area contributed by atoms with E-state index in [4.69, 9.17) is 28.9 Å². The Labute approximate surface area is 116 Å². The van der Waals surface area contributed by atoms with E-state index in [1.807, 2.05) is 0 Å². The molecule has 18 heavy (non-hydrogen) atoms. The lowest BCUT2D eigenvalue weighted by atomic mass is 10.1. The van der Waals surface area contributed by atoms with Gasteiger partial charge >= 0.3 is 6.03 Å². The Morgan fingerprint density at radius 3 is 2.61 bits per heavy atom. The van der Waals surface area contributed by atoms with E-state index in [9.17, 15) is 4.79 Å². The van der Waals surface area contributed by atoms with Gasteiger partial charge in [0.15, 0.2) is 0 Å². The summed E-state index contributed by atoms with van der Waals surface area (Å²) in [4.78, 5) is 13.7. The van der Waals surface area contributed by atoms with E-state index in [0.717, 1.165) is 19.4 Å². The van der Waals surface area contributed by atoms with E-state index in [1.165, 1.54) is 0 Å². The number of nitrogens with one attached hydrogen (secondary N) is 1. The highest BCUT2D eigenvalue weighted by atomic mass is 35.5. The molecule has 1 aromatic rings. The fourth-order valence-electron chi connectivity index (χ4n) is 2.02. The largest absolute Gasteiger partial charge is 0.326 e. The number of hydrogen-bond acceptors (Lipinski definition) is 2. The summed E-state index contributed by atoms with van der Waals surface area (Å²) in [5, 5.41) is 3.76. The van der Waals surface area contributed by atoms with Crippen molar-refractivity contribution in [1.82, 2.24) is 4.90 Å². The number of rotatable bonds is 1. The number of urea groups is 1. The first-order valence-electron chi connectivity index (χ1n) is 5.82. The Balaban J connectivity index is 2.02. The molecule has 0 aliphatic carbocycles. The third kappa shape index (κ3) is 3.51. The summed E-state index contributed by atoms with van der Waals surface area (Å²) in [7, 11) is 0. The molecule has 0 bridgehead atoms. The maximum atomic E-state index is 12.0. The molecule has 2 amide bonds. The predicted molar refractivity (Wildman–Crippen MR) is 74.3 cm³/mol. The van der Waals surface area contributed by atoms with Gasteiger partial charge in [0.2, 0.25) is 0 Å². The molecular formula is C12H15Cl2N3O. The van der Waals surface area contributed by atoms with Crippen molar-refractivity contribution in [3.05, 3.63) is 28.2 Å². The van der Waals surface area contributed by atoms with E-state index in [2.05, 4.69) is 5.32 Å². The van der Waals surface area contributed by atoms with Crippen molar-refractivity contribution in [1.29, 1.82) is 0 Å². The number of carbonyl (C=O) groups is 1. The zero-order chi connectivity index (χ0) is 13.1. The summed E-state index contributed by atoms with van der Waals surface area (Å²) in [5.41, 5.74) is 6.43. The molecule has 98 valence electrons. The van der Waals surface area contributed by atoms with Gasteiger partial charge in [0, 0.05) is 34.9 Å². The highest BCUT2D eigenvalue weighted by Gasteiger charge is 2.21. The maximum Gasteiger partial charge on any atom is 0.321 e. The number of halogens is 2. The van der Waals surface area contributed by atoms with Gasteiger partial charge < -0.3 is 16.0 Å². The number of anilines is 1. The van der Waals surface area contributed by atoms with E-state index in [-0.39, 0.29) is 12.1 Å². The van der Waals surface area contributed by atoms with Gasteiger partial charge in [-0.15, -0.1) is 0 Å². The molecule has 0 spiro atoms. The number of benzene rings is 1. The van der Waals surface area contributed by atoms with Crippen LogP contribution < -0.4 is 11.1 Å². The van der Waals surface area contributed by atoms with Crippen molar-refractivity contribution in [3.63, 3.8) is 0 Å². The fraction of sp³-hybridized carbons (Fsp3) is 0.417. The molecule has 1 aliphatic heterocycles. The van der Waals surface area contributed by atoms with Crippen LogP contribution in [0.4, 0.5) is 10.5 Å². The van der Waals surface area contributed by atoms with Gasteiger partial charge in [-0.1, -0.05) is 23.2 Å². The molecular weight excluding hydrogens is 273 g/mol. The monoisotopic (exact) mass is 287 g/mol. The minimum absolute atomic E-state index is 0.0625. The second kappa shape index (κ2) is 5.78. The third-order valence-electron chi connectivity index (χ3n) is 2.86. The summed E-state index contributed by atoms with van der Waals surface area (Å²) >= 11 is 11.7. The van der Waals surface area contributed by atoms with Crippen LogP contribution in [0, 0.1) is 0 Å². The van der Waals surface area contributed by atoms with Crippen LogP contribution in [0.2, 0.25) is 10.0 Å². The summed E-state index contributed by atoms with van der Waals surface area (Å²) in [6.45, 7) is 1.31. The Hall–Kier alpha value is -0.970. The van der Waals surface area contributed by atoms with Crippen molar-refractivity contribution < 1.29 is 4.79 Å². The third-order valence-corrected chi connectivity index (χ3v) is 3.30. The first kappa shape index (κ1) is 13.5. The van der Waals surface area contributed by atoms with Crippen LogP contribution in [-0.2, 0) is 0 Å². The van der Waals surface area contributed by atoms with Crippen LogP contribution in [0.1, 0.15) is 12.8 Å². The predicted octanol–water partition coefficient (Wildman–Crippen LogP) is 2.95. The topological polar surface area (TPSA) is 58.4 Å². The van der Waals surface area contributed by atoms with Crippen LogP contribution in [0.3, 0.4) is 0 Å². The lowest BCUT2D eigenvalue weighted by Crippen LogP contribution is -2.47. The van der Waals surface area contributed by atoms with Gasteiger partial charge in [0.25, 0.3) is 0 Å². The van der Waals surface area contributed by atoms with Crippen LogP contribution >= 0.6 is 23.2 Å². The number of likely N-dealkylation sites (tertiary alicyclic amines) is 1. The SMILES string of the molecule is NC1CCCN(C(=O)Nc2cc(Cl)cc(Cl)c2)C1. The molecule has 4 nitrogen and oxygen atoms in total. The summed E-state index contributed by atoms with van der Waals surface area (Å²) in [5.74, 6) is 0. The van der Waals surface area contributed by atoms with Gasteiger partial charge in [0.05, 0.1) is 0 Å². The van der Waals surface area contributed by atoms with Crippen molar-refractivity contribution in [2.24, 2.45) is 5.73 Å². The molecule has 3 N–H and O–H groups in total. The number of carbonyl (C=O) groups excluding carboxylic acids is 1. The number of piperidine rings is 1. The quantitative estimate of drug-likeness (QED) is 0.834. The molecule has 1 fully saturated rings. The van der Waals surface area contributed by atoms with Gasteiger partial charge in [-0.3, -0.25) is 0 Å². The second-order valence-corrected chi connectivity index (χ2v) is 5.31. The molecule has 1 unspecified atom stereocenters. The standard InChI is InChI=1S/C12H15Cl2N3O/c13-8-4-9(14)6-11(5-8)16-12(18)17-3-1-2-10(15)7-17/h4-6,10H,1-3,7,15H2,(H,16,18). The van der Waals surface area contributed by atoms with Crippen LogP contribution in [0.15, 0.2) is 18.2 Å². The molecule has 0 radical (unpaired) electrons. The number of hydrogen-bond donors (Lipinski definition) is 2. The molecule has 1 aromatic carbocycles. The van der Waals surface area contributed by atoms with Crippen molar-refractivity contribution in [2.45, 2.75) is 18.9 Å². The average Bonchev–Trinajstić information content (AvgIpc) is 2.27. The fourth-order valence-corrected chi connectivity index (χ4v) is 2.55. The second-order valence-electron chi connectivity index (χ2n) is 4.44. The Morgan fingerprint density at radius 2 is 2.00 bits per heavy atom. The smallest absolute Gasteiger partial charge is 0.321 e. The van der Waals surface area contributed by atoms with Crippen LogP contribution in [0.25, 0.3) is 0 Å². The molecule has 2 rings (SSSR count). The van der Waals surface area contributed by atoms with E-state index in [0.29, 0.717) is 22.3 Å². The zero-order valence-corrected chi connectivity index (χ0v) is 11.3. The zero-order valence-electron chi connectivity index (χ0n) is 9.83. The minimum Gasteiger partial charge on any atom is -0.326 e.